The third-order valence-corrected chi connectivity index (χ3v) is 4.37. The summed E-state index contributed by atoms with van der Waals surface area (Å²) < 4.78 is 6.60. The SMILES string of the molecule is Clc1ccc2sc(C3CCOCC3)nc2c1. The fraction of sp³-hybridized carbons (Fsp3) is 0.417. The van der Waals surface area contributed by atoms with Gasteiger partial charge in [0.1, 0.15) is 0 Å². The molecule has 84 valence electrons. The van der Waals surface area contributed by atoms with Crippen molar-refractivity contribution in [3.63, 3.8) is 0 Å². The van der Waals surface area contributed by atoms with Crippen molar-refractivity contribution in [2.24, 2.45) is 0 Å². The largest absolute Gasteiger partial charge is 0.381 e. The van der Waals surface area contributed by atoms with Crippen molar-refractivity contribution >= 4 is 33.2 Å². The van der Waals surface area contributed by atoms with Gasteiger partial charge in [0, 0.05) is 24.2 Å². The summed E-state index contributed by atoms with van der Waals surface area (Å²) in [6.07, 6.45) is 2.18. The van der Waals surface area contributed by atoms with Gasteiger partial charge in [-0.15, -0.1) is 11.3 Å². The molecule has 3 rings (SSSR count). The van der Waals surface area contributed by atoms with Crippen LogP contribution in [0.3, 0.4) is 0 Å². The lowest BCUT2D eigenvalue weighted by molar-refractivity contribution is 0.0853. The number of nitrogens with zero attached hydrogens (tertiary/aromatic N) is 1. The molecule has 1 fully saturated rings. The van der Waals surface area contributed by atoms with Crippen LogP contribution in [0.5, 0.6) is 0 Å². The number of fused-ring (bicyclic) bond motifs is 1. The number of hydrogen-bond donors (Lipinski definition) is 0. The second kappa shape index (κ2) is 4.32. The molecule has 1 aromatic carbocycles. The molecule has 0 radical (unpaired) electrons. The maximum atomic E-state index is 5.96. The van der Waals surface area contributed by atoms with Crippen LogP contribution >= 0.6 is 22.9 Å². The highest BCUT2D eigenvalue weighted by Crippen LogP contribution is 2.33. The minimum Gasteiger partial charge on any atom is -0.381 e. The van der Waals surface area contributed by atoms with Crippen molar-refractivity contribution in [3.8, 4) is 0 Å². The van der Waals surface area contributed by atoms with Crippen molar-refractivity contribution in [2.45, 2.75) is 18.8 Å². The van der Waals surface area contributed by atoms with Crippen molar-refractivity contribution in [1.29, 1.82) is 0 Å². The maximum Gasteiger partial charge on any atom is 0.0971 e. The number of ether oxygens (including phenoxy) is 1. The third kappa shape index (κ3) is 1.95. The quantitative estimate of drug-likeness (QED) is 0.770. The molecule has 1 aliphatic rings. The van der Waals surface area contributed by atoms with Gasteiger partial charge in [0.2, 0.25) is 0 Å². The Hall–Kier alpha value is -0.640. The molecule has 2 aromatic rings. The molecule has 0 aliphatic carbocycles. The minimum absolute atomic E-state index is 0.574. The van der Waals surface area contributed by atoms with Crippen LogP contribution in [0.1, 0.15) is 23.8 Å². The first-order chi connectivity index (χ1) is 7.83. The van der Waals surface area contributed by atoms with E-state index in [1.807, 2.05) is 12.1 Å². The predicted octanol–water partition coefficient (Wildman–Crippen LogP) is 3.84. The number of hydrogen-bond acceptors (Lipinski definition) is 3. The van der Waals surface area contributed by atoms with Crippen LogP contribution in [-0.4, -0.2) is 18.2 Å². The first-order valence-corrected chi connectivity index (χ1v) is 6.66. The second-order valence-corrected chi connectivity index (χ2v) is 5.55. The van der Waals surface area contributed by atoms with Crippen LogP contribution in [0.25, 0.3) is 10.2 Å². The average molecular weight is 254 g/mol. The predicted molar refractivity (Wildman–Crippen MR) is 67.4 cm³/mol. The van der Waals surface area contributed by atoms with Gasteiger partial charge in [0.25, 0.3) is 0 Å². The Morgan fingerprint density at radius 1 is 1.31 bits per heavy atom. The highest BCUT2D eigenvalue weighted by atomic mass is 35.5. The van der Waals surface area contributed by atoms with Crippen LogP contribution in [-0.2, 0) is 4.74 Å². The van der Waals surface area contributed by atoms with E-state index in [2.05, 4.69) is 11.1 Å². The number of rotatable bonds is 1. The number of thiazole rings is 1. The van der Waals surface area contributed by atoms with Crippen LogP contribution in [0, 0.1) is 0 Å². The Labute approximate surface area is 103 Å². The standard InChI is InChI=1S/C12H12ClNOS/c13-9-1-2-11-10(7-9)14-12(16-11)8-3-5-15-6-4-8/h1-2,7-8H,3-6H2. The molecular weight excluding hydrogens is 242 g/mol. The van der Waals surface area contributed by atoms with E-state index in [0.29, 0.717) is 5.92 Å². The van der Waals surface area contributed by atoms with E-state index in [1.54, 1.807) is 11.3 Å². The molecule has 0 N–H and O–H groups in total. The highest BCUT2D eigenvalue weighted by Gasteiger charge is 2.19. The molecule has 0 bridgehead atoms. The monoisotopic (exact) mass is 253 g/mol. The molecule has 0 amide bonds. The Balaban J connectivity index is 1.97. The average Bonchev–Trinajstić information content (AvgIpc) is 2.73. The summed E-state index contributed by atoms with van der Waals surface area (Å²) in [4.78, 5) is 4.68. The van der Waals surface area contributed by atoms with E-state index in [0.717, 1.165) is 36.6 Å². The molecule has 0 atom stereocenters. The van der Waals surface area contributed by atoms with E-state index in [-0.39, 0.29) is 0 Å². The normalized spacial score (nSPS) is 18.1. The van der Waals surface area contributed by atoms with E-state index in [4.69, 9.17) is 16.3 Å². The topological polar surface area (TPSA) is 22.1 Å². The van der Waals surface area contributed by atoms with E-state index in [9.17, 15) is 0 Å². The molecule has 0 saturated carbocycles. The van der Waals surface area contributed by atoms with Gasteiger partial charge in [-0.05, 0) is 31.0 Å². The summed E-state index contributed by atoms with van der Waals surface area (Å²) in [6.45, 7) is 1.72. The summed E-state index contributed by atoms with van der Waals surface area (Å²) in [5.74, 6) is 0.574. The lowest BCUT2D eigenvalue weighted by Gasteiger charge is -2.19. The van der Waals surface area contributed by atoms with Gasteiger partial charge in [-0.1, -0.05) is 11.6 Å². The Morgan fingerprint density at radius 2 is 2.12 bits per heavy atom. The molecule has 2 nitrogen and oxygen atoms in total. The van der Waals surface area contributed by atoms with E-state index in [1.165, 1.54) is 9.71 Å². The fourth-order valence-corrected chi connectivity index (χ4v) is 3.32. The highest BCUT2D eigenvalue weighted by molar-refractivity contribution is 7.18. The van der Waals surface area contributed by atoms with Crippen molar-refractivity contribution in [1.82, 2.24) is 4.98 Å². The number of benzene rings is 1. The van der Waals surface area contributed by atoms with Crippen molar-refractivity contribution in [3.05, 3.63) is 28.2 Å². The summed E-state index contributed by atoms with van der Waals surface area (Å²) in [5, 5.41) is 2.00. The van der Waals surface area contributed by atoms with Gasteiger partial charge in [0.15, 0.2) is 0 Å². The third-order valence-electron chi connectivity index (χ3n) is 2.94. The molecule has 1 saturated heterocycles. The molecule has 1 aromatic heterocycles. The van der Waals surface area contributed by atoms with Gasteiger partial charge in [-0.25, -0.2) is 4.98 Å². The maximum absolute atomic E-state index is 5.96. The summed E-state index contributed by atoms with van der Waals surface area (Å²) >= 11 is 7.75. The smallest absolute Gasteiger partial charge is 0.0971 e. The van der Waals surface area contributed by atoms with Crippen LogP contribution in [0.15, 0.2) is 18.2 Å². The van der Waals surface area contributed by atoms with E-state index >= 15 is 0 Å². The van der Waals surface area contributed by atoms with Gasteiger partial charge in [-0.2, -0.15) is 0 Å². The summed E-state index contributed by atoms with van der Waals surface area (Å²) in [6, 6.07) is 5.92. The molecule has 4 heteroatoms. The zero-order valence-corrected chi connectivity index (χ0v) is 10.4. The van der Waals surface area contributed by atoms with Gasteiger partial charge in [-0.3, -0.25) is 0 Å². The van der Waals surface area contributed by atoms with Crippen LogP contribution in [0.4, 0.5) is 0 Å². The van der Waals surface area contributed by atoms with Gasteiger partial charge >= 0.3 is 0 Å². The molecular formula is C12H12ClNOS. The zero-order valence-electron chi connectivity index (χ0n) is 8.78. The first-order valence-electron chi connectivity index (χ1n) is 5.46. The minimum atomic E-state index is 0.574. The molecule has 16 heavy (non-hydrogen) atoms. The van der Waals surface area contributed by atoms with Crippen molar-refractivity contribution < 1.29 is 4.74 Å². The summed E-state index contributed by atoms with van der Waals surface area (Å²) in [5.41, 5.74) is 1.03. The zero-order chi connectivity index (χ0) is 11.0. The number of aromatic nitrogens is 1. The Bertz CT molecular complexity index is 505. The second-order valence-electron chi connectivity index (χ2n) is 4.05. The Morgan fingerprint density at radius 3 is 2.94 bits per heavy atom. The van der Waals surface area contributed by atoms with Crippen LogP contribution < -0.4 is 0 Å². The molecule has 0 unspecified atom stereocenters. The molecule has 1 aliphatic heterocycles. The summed E-state index contributed by atoms with van der Waals surface area (Å²) in [7, 11) is 0. The molecule has 2 heterocycles. The van der Waals surface area contributed by atoms with Gasteiger partial charge < -0.3 is 4.74 Å². The van der Waals surface area contributed by atoms with Crippen molar-refractivity contribution in [2.75, 3.05) is 13.2 Å². The Kier molecular flexibility index (Phi) is 2.84. The van der Waals surface area contributed by atoms with Gasteiger partial charge in [0.05, 0.1) is 15.2 Å². The van der Waals surface area contributed by atoms with Crippen LogP contribution in [0.2, 0.25) is 5.02 Å². The first kappa shape index (κ1) is 10.5. The number of halogens is 1. The fourth-order valence-electron chi connectivity index (χ4n) is 2.04. The molecule has 0 spiro atoms. The van der Waals surface area contributed by atoms with E-state index < -0.39 is 0 Å². The lowest BCUT2D eigenvalue weighted by Crippen LogP contribution is -2.13. The lowest BCUT2D eigenvalue weighted by atomic mass is 10.0.